The van der Waals surface area contributed by atoms with E-state index in [1.807, 2.05) is 17.5 Å². The molecule has 10 heteroatoms. The van der Waals surface area contributed by atoms with Crippen molar-refractivity contribution in [2.45, 2.75) is 19.5 Å². The highest BCUT2D eigenvalue weighted by Crippen LogP contribution is 2.13. The maximum Gasteiger partial charge on any atom is 0.328 e. The van der Waals surface area contributed by atoms with Crippen LogP contribution in [0.3, 0.4) is 0 Å². The molecule has 28 heavy (non-hydrogen) atoms. The summed E-state index contributed by atoms with van der Waals surface area (Å²) in [7, 11) is 1.60. The number of benzene rings is 1. The van der Waals surface area contributed by atoms with Crippen molar-refractivity contribution >= 4 is 34.8 Å². The molecule has 148 valence electrons. The van der Waals surface area contributed by atoms with Crippen molar-refractivity contribution in [3.05, 3.63) is 62.3 Å². The quantitative estimate of drug-likeness (QED) is 0.407. The van der Waals surface area contributed by atoms with E-state index in [9.17, 15) is 24.5 Å². The number of carbonyl (C=O) groups is 3. The molecule has 0 bridgehead atoms. The van der Waals surface area contributed by atoms with Gasteiger partial charge >= 0.3 is 5.97 Å². The summed E-state index contributed by atoms with van der Waals surface area (Å²) in [5.41, 5.74) is -0.192. The van der Waals surface area contributed by atoms with Crippen LogP contribution in [0.1, 0.15) is 22.2 Å². The first-order valence-corrected chi connectivity index (χ1v) is 9.14. The monoisotopic (exact) mass is 405 g/mol. The van der Waals surface area contributed by atoms with E-state index in [1.54, 1.807) is 7.05 Å². The van der Waals surface area contributed by atoms with Gasteiger partial charge in [0.1, 0.15) is 6.04 Å². The summed E-state index contributed by atoms with van der Waals surface area (Å²) in [5.74, 6) is -1.81. The van der Waals surface area contributed by atoms with Gasteiger partial charge in [-0.3, -0.25) is 19.7 Å². The van der Waals surface area contributed by atoms with E-state index in [1.165, 1.54) is 41.4 Å². The van der Waals surface area contributed by atoms with Crippen molar-refractivity contribution in [2.75, 3.05) is 13.7 Å². The van der Waals surface area contributed by atoms with Crippen LogP contribution in [0.5, 0.6) is 0 Å². The predicted octanol–water partition coefficient (Wildman–Crippen LogP) is 1.98. The summed E-state index contributed by atoms with van der Waals surface area (Å²) in [4.78, 5) is 48.8. The van der Waals surface area contributed by atoms with Crippen LogP contribution in [-0.2, 0) is 20.9 Å². The van der Waals surface area contributed by atoms with E-state index in [2.05, 4.69) is 5.32 Å². The molecule has 1 N–H and O–H groups in total. The van der Waals surface area contributed by atoms with Crippen molar-refractivity contribution < 1.29 is 24.0 Å². The SMILES string of the molecule is CC(NC(=O)c1cccc([N+](=O)[O-])c1)C(=O)OCC(=O)N(C)Cc1cccs1. The molecular formula is C18H19N3O6S. The molecule has 0 spiro atoms. The first kappa shape index (κ1) is 21.0. The molecule has 2 rings (SSSR count). The van der Waals surface area contributed by atoms with Crippen LogP contribution in [0.15, 0.2) is 41.8 Å². The summed E-state index contributed by atoms with van der Waals surface area (Å²) in [5, 5.41) is 15.1. The van der Waals surface area contributed by atoms with Gasteiger partial charge in [-0.2, -0.15) is 0 Å². The number of rotatable bonds is 8. The normalized spacial score (nSPS) is 11.4. The van der Waals surface area contributed by atoms with E-state index < -0.39 is 29.4 Å². The van der Waals surface area contributed by atoms with Gasteiger partial charge in [-0.15, -0.1) is 11.3 Å². The van der Waals surface area contributed by atoms with Gasteiger partial charge in [-0.1, -0.05) is 12.1 Å². The van der Waals surface area contributed by atoms with E-state index >= 15 is 0 Å². The zero-order valence-corrected chi connectivity index (χ0v) is 16.1. The van der Waals surface area contributed by atoms with Crippen LogP contribution in [0.4, 0.5) is 5.69 Å². The number of likely N-dealkylation sites (N-methyl/N-ethyl adjacent to an activating group) is 1. The molecule has 1 heterocycles. The average molecular weight is 405 g/mol. The number of nitro groups is 1. The maximum absolute atomic E-state index is 12.1. The molecule has 9 nitrogen and oxygen atoms in total. The van der Waals surface area contributed by atoms with Crippen LogP contribution in [0, 0.1) is 10.1 Å². The molecule has 0 radical (unpaired) electrons. The molecule has 2 aromatic rings. The Morgan fingerprint density at radius 2 is 2.04 bits per heavy atom. The number of amides is 2. The number of esters is 1. The van der Waals surface area contributed by atoms with E-state index in [-0.39, 0.29) is 17.2 Å². The molecule has 2 amide bonds. The van der Waals surface area contributed by atoms with Crippen LogP contribution in [0.2, 0.25) is 0 Å². The minimum Gasteiger partial charge on any atom is -0.454 e. The lowest BCUT2D eigenvalue weighted by Crippen LogP contribution is -2.41. The number of ether oxygens (including phenoxy) is 1. The zero-order chi connectivity index (χ0) is 20.7. The molecule has 1 unspecified atom stereocenters. The van der Waals surface area contributed by atoms with Gasteiger partial charge in [0.05, 0.1) is 11.5 Å². The second-order valence-corrected chi connectivity index (χ2v) is 6.97. The maximum atomic E-state index is 12.1. The van der Waals surface area contributed by atoms with Crippen LogP contribution in [0.25, 0.3) is 0 Å². The van der Waals surface area contributed by atoms with Gasteiger partial charge in [0.25, 0.3) is 17.5 Å². The fraction of sp³-hybridized carbons (Fsp3) is 0.278. The molecule has 0 aliphatic carbocycles. The Kier molecular flexibility index (Phi) is 7.21. The molecular weight excluding hydrogens is 386 g/mol. The molecule has 0 fully saturated rings. The number of nitrogens with one attached hydrogen (secondary N) is 1. The van der Waals surface area contributed by atoms with Gasteiger partial charge in [-0.25, -0.2) is 4.79 Å². The lowest BCUT2D eigenvalue weighted by molar-refractivity contribution is -0.384. The zero-order valence-electron chi connectivity index (χ0n) is 15.3. The summed E-state index contributed by atoms with van der Waals surface area (Å²) in [6.45, 7) is 1.36. The second-order valence-electron chi connectivity index (χ2n) is 5.94. The Hall–Kier alpha value is -3.27. The molecule has 0 saturated heterocycles. The highest BCUT2D eigenvalue weighted by Gasteiger charge is 2.21. The number of nitrogens with zero attached hydrogens (tertiary/aromatic N) is 2. The van der Waals surface area contributed by atoms with Crippen molar-refractivity contribution in [2.24, 2.45) is 0 Å². The number of carbonyl (C=O) groups excluding carboxylic acids is 3. The first-order chi connectivity index (χ1) is 13.3. The highest BCUT2D eigenvalue weighted by atomic mass is 32.1. The summed E-state index contributed by atoms with van der Waals surface area (Å²) in [6.07, 6.45) is 0. The summed E-state index contributed by atoms with van der Waals surface area (Å²) < 4.78 is 4.95. The topological polar surface area (TPSA) is 119 Å². The Labute approximate surface area is 165 Å². The third kappa shape index (κ3) is 5.88. The van der Waals surface area contributed by atoms with Gasteiger partial charge in [0.15, 0.2) is 6.61 Å². The van der Waals surface area contributed by atoms with Crippen molar-refractivity contribution in [1.29, 1.82) is 0 Å². The number of nitro benzene ring substituents is 1. The third-order valence-corrected chi connectivity index (χ3v) is 4.62. The lowest BCUT2D eigenvalue weighted by Gasteiger charge is -2.17. The standard InChI is InChI=1S/C18H19N3O6S/c1-12(19-17(23)13-5-3-6-14(9-13)21(25)26)18(24)27-11-16(22)20(2)10-15-7-4-8-28-15/h3-9,12H,10-11H2,1-2H3,(H,19,23). The highest BCUT2D eigenvalue weighted by molar-refractivity contribution is 7.09. The molecule has 1 aromatic heterocycles. The Morgan fingerprint density at radius 3 is 2.68 bits per heavy atom. The molecule has 1 aromatic carbocycles. The molecule has 1 atom stereocenters. The number of hydrogen-bond acceptors (Lipinski definition) is 7. The van der Waals surface area contributed by atoms with Crippen LogP contribution >= 0.6 is 11.3 Å². The minimum absolute atomic E-state index is 0.0422. The molecule has 0 aliphatic heterocycles. The molecule has 0 aliphatic rings. The van der Waals surface area contributed by atoms with Crippen molar-refractivity contribution in [3.8, 4) is 0 Å². The largest absolute Gasteiger partial charge is 0.454 e. The minimum atomic E-state index is -1.03. The van der Waals surface area contributed by atoms with E-state index in [0.717, 1.165) is 10.9 Å². The second kappa shape index (κ2) is 9.60. The van der Waals surface area contributed by atoms with Crippen molar-refractivity contribution in [1.82, 2.24) is 10.2 Å². The third-order valence-electron chi connectivity index (χ3n) is 3.76. The summed E-state index contributed by atoms with van der Waals surface area (Å²) in [6, 6.07) is 7.88. The number of non-ortho nitro benzene ring substituents is 1. The van der Waals surface area contributed by atoms with E-state index in [4.69, 9.17) is 4.74 Å². The van der Waals surface area contributed by atoms with Gasteiger partial charge in [0.2, 0.25) is 0 Å². The van der Waals surface area contributed by atoms with Gasteiger partial charge in [0, 0.05) is 29.6 Å². The van der Waals surface area contributed by atoms with Gasteiger partial charge in [-0.05, 0) is 24.4 Å². The number of thiophene rings is 1. The smallest absolute Gasteiger partial charge is 0.328 e. The van der Waals surface area contributed by atoms with Crippen LogP contribution < -0.4 is 5.32 Å². The average Bonchev–Trinajstić information content (AvgIpc) is 3.18. The fourth-order valence-electron chi connectivity index (χ4n) is 2.19. The summed E-state index contributed by atoms with van der Waals surface area (Å²) >= 11 is 1.51. The van der Waals surface area contributed by atoms with Gasteiger partial charge < -0.3 is 15.0 Å². The predicted molar refractivity (Wildman–Crippen MR) is 102 cm³/mol. The van der Waals surface area contributed by atoms with Crippen LogP contribution in [-0.4, -0.2) is 47.3 Å². The van der Waals surface area contributed by atoms with E-state index in [0.29, 0.717) is 6.54 Å². The Morgan fingerprint density at radius 1 is 1.29 bits per heavy atom. The first-order valence-electron chi connectivity index (χ1n) is 8.26. The Bertz CT molecular complexity index is 868. The lowest BCUT2D eigenvalue weighted by atomic mass is 10.2. The Balaban J connectivity index is 1.83. The number of hydrogen-bond donors (Lipinski definition) is 1. The molecule has 0 saturated carbocycles. The van der Waals surface area contributed by atoms with Crippen molar-refractivity contribution in [3.63, 3.8) is 0 Å². The fourth-order valence-corrected chi connectivity index (χ4v) is 2.95.